The Morgan fingerprint density at radius 3 is 1.82 bits per heavy atom. The number of rotatable bonds is 1. The SMILES string of the molecule is CC(C)(C)C1(OI)CCCC1. The van der Waals surface area contributed by atoms with Gasteiger partial charge in [-0.3, -0.25) is 0 Å². The molecular formula is C9H17IO. The second kappa shape index (κ2) is 3.21. The van der Waals surface area contributed by atoms with Crippen LogP contribution in [0.5, 0.6) is 0 Å². The third kappa shape index (κ3) is 1.72. The van der Waals surface area contributed by atoms with Crippen LogP contribution in [0.15, 0.2) is 0 Å². The second-order valence-corrected chi connectivity index (χ2v) is 4.97. The van der Waals surface area contributed by atoms with Crippen molar-refractivity contribution in [2.24, 2.45) is 5.41 Å². The van der Waals surface area contributed by atoms with E-state index < -0.39 is 0 Å². The second-order valence-electron chi connectivity index (χ2n) is 4.53. The van der Waals surface area contributed by atoms with E-state index >= 15 is 0 Å². The van der Waals surface area contributed by atoms with Gasteiger partial charge in [-0.15, -0.1) is 0 Å². The van der Waals surface area contributed by atoms with Crippen LogP contribution in [-0.4, -0.2) is 5.60 Å². The summed E-state index contributed by atoms with van der Waals surface area (Å²) in [6, 6.07) is 0. The Bertz CT molecular complexity index is 131. The standard InChI is InChI=1S/C9H17IO/c1-8(2,3)9(11-10)6-4-5-7-9/h4-7H2,1-3H3. The Morgan fingerprint density at radius 2 is 1.64 bits per heavy atom. The predicted octanol–water partition coefficient (Wildman–Crippen LogP) is 3.71. The summed E-state index contributed by atoms with van der Waals surface area (Å²) in [7, 11) is 0. The third-order valence-electron chi connectivity index (χ3n) is 2.93. The van der Waals surface area contributed by atoms with Gasteiger partial charge in [-0.25, -0.2) is 0 Å². The van der Waals surface area contributed by atoms with Crippen molar-refractivity contribution in [1.82, 2.24) is 0 Å². The molecule has 0 radical (unpaired) electrons. The lowest BCUT2D eigenvalue weighted by atomic mass is 9.75. The van der Waals surface area contributed by atoms with E-state index in [0.29, 0.717) is 5.41 Å². The Kier molecular flexibility index (Phi) is 2.85. The minimum atomic E-state index is 0.160. The topological polar surface area (TPSA) is 9.23 Å². The molecule has 0 spiro atoms. The number of hydrogen-bond acceptors (Lipinski definition) is 1. The Balaban J connectivity index is 2.75. The van der Waals surface area contributed by atoms with Crippen molar-refractivity contribution >= 4 is 23.0 Å². The van der Waals surface area contributed by atoms with Gasteiger partial charge < -0.3 is 3.07 Å². The Morgan fingerprint density at radius 1 is 1.18 bits per heavy atom. The number of hydrogen-bond donors (Lipinski definition) is 0. The van der Waals surface area contributed by atoms with E-state index in [1.54, 1.807) is 0 Å². The molecule has 1 rings (SSSR count). The molecule has 1 nitrogen and oxygen atoms in total. The van der Waals surface area contributed by atoms with E-state index in [-0.39, 0.29) is 5.60 Å². The summed E-state index contributed by atoms with van der Waals surface area (Å²) in [5.41, 5.74) is 0.457. The van der Waals surface area contributed by atoms with Crippen LogP contribution < -0.4 is 0 Å². The van der Waals surface area contributed by atoms with E-state index in [9.17, 15) is 0 Å². The molecule has 2 heteroatoms. The van der Waals surface area contributed by atoms with E-state index in [1.807, 2.05) is 0 Å². The van der Waals surface area contributed by atoms with E-state index in [2.05, 4.69) is 43.8 Å². The Labute approximate surface area is 83.6 Å². The summed E-state index contributed by atoms with van der Waals surface area (Å²) in [6.07, 6.45) is 5.14. The lowest BCUT2D eigenvalue weighted by Gasteiger charge is -2.39. The smallest absolute Gasteiger partial charge is 0.110 e. The molecule has 1 aliphatic rings. The van der Waals surface area contributed by atoms with Crippen molar-refractivity contribution in [1.29, 1.82) is 0 Å². The average molecular weight is 268 g/mol. The van der Waals surface area contributed by atoms with Crippen molar-refractivity contribution in [2.75, 3.05) is 0 Å². The Hall–Kier alpha value is 0.690. The molecule has 0 aliphatic heterocycles. The summed E-state index contributed by atoms with van der Waals surface area (Å²) < 4.78 is 5.63. The van der Waals surface area contributed by atoms with Crippen molar-refractivity contribution in [3.8, 4) is 0 Å². The first kappa shape index (κ1) is 9.78. The maximum atomic E-state index is 5.63. The maximum absolute atomic E-state index is 5.63. The van der Waals surface area contributed by atoms with E-state index in [0.717, 1.165) is 0 Å². The predicted molar refractivity (Wildman–Crippen MR) is 55.8 cm³/mol. The fourth-order valence-corrected chi connectivity index (χ4v) is 2.99. The lowest BCUT2D eigenvalue weighted by molar-refractivity contribution is 0.0107. The first-order valence-electron chi connectivity index (χ1n) is 4.32. The summed E-state index contributed by atoms with van der Waals surface area (Å²) >= 11 is 2.07. The fourth-order valence-electron chi connectivity index (χ4n) is 1.89. The molecule has 0 N–H and O–H groups in total. The average Bonchev–Trinajstić information content (AvgIpc) is 2.33. The molecule has 0 amide bonds. The summed E-state index contributed by atoms with van der Waals surface area (Å²) in [5.74, 6) is 0. The highest BCUT2D eigenvalue weighted by molar-refractivity contribution is 14.1. The van der Waals surface area contributed by atoms with Crippen LogP contribution in [0.2, 0.25) is 0 Å². The van der Waals surface area contributed by atoms with Gasteiger partial charge in [-0.2, -0.15) is 0 Å². The van der Waals surface area contributed by atoms with Gasteiger partial charge in [0.05, 0.1) is 5.60 Å². The van der Waals surface area contributed by atoms with Crippen LogP contribution in [0.1, 0.15) is 46.5 Å². The zero-order valence-corrected chi connectivity index (χ0v) is 9.77. The fraction of sp³-hybridized carbons (Fsp3) is 1.00. The van der Waals surface area contributed by atoms with Crippen molar-refractivity contribution in [2.45, 2.75) is 52.1 Å². The van der Waals surface area contributed by atoms with Gasteiger partial charge in [0.2, 0.25) is 0 Å². The molecule has 11 heavy (non-hydrogen) atoms. The number of halogens is 1. The highest BCUT2D eigenvalue weighted by atomic mass is 127. The van der Waals surface area contributed by atoms with Crippen molar-refractivity contribution in [3.63, 3.8) is 0 Å². The molecule has 1 fully saturated rings. The zero-order chi connectivity index (χ0) is 8.54. The molecule has 0 saturated heterocycles. The van der Waals surface area contributed by atoms with Gasteiger partial charge >= 0.3 is 0 Å². The van der Waals surface area contributed by atoms with Crippen LogP contribution in [0, 0.1) is 5.41 Å². The van der Waals surface area contributed by atoms with Gasteiger partial charge in [-0.1, -0.05) is 33.6 Å². The van der Waals surface area contributed by atoms with Crippen LogP contribution in [-0.2, 0) is 3.07 Å². The summed E-state index contributed by atoms with van der Waals surface area (Å²) in [5, 5.41) is 0. The van der Waals surface area contributed by atoms with Crippen LogP contribution in [0.4, 0.5) is 0 Å². The van der Waals surface area contributed by atoms with Gasteiger partial charge in [0.25, 0.3) is 0 Å². The summed E-state index contributed by atoms with van der Waals surface area (Å²) in [4.78, 5) is 0. The first-order chi connectivity index (χ1) is 5.02. The molecule has 0 aromatic heterocycles. The molecule has 0 bridgehead atoms. The lowest BCUT2D eigenvalue weighted by Crippen LogP contribution is -2.40. The van der Waals surface area contributed by atoms with Gasteiger partial charge in [0.1, 0.15) is 23.0 Å². The summed E-state index contributed by atoms with van der Waals surface area (Å²) in [6.45, 7) is 6.82. The molecule has 0 heterocycles. The van der Waals surface area contributed by atoms with Crippen LogP contribution in [0.25, 0.3) is 0 Å². The minimum absolute atomic E-state index is 0.160. The molecule has 0 aromatic rings. The molecule has 0 atom stereocenters. The molecule has 66 valence electrons. The first-order valence-corrected chi connectivity index (χ1v) is 5.20. The van der Waals surface area contributed by atoms with E-state index in [1.165, 1.54) is 25.7 Å². The largest absolute Gasteiger partial charge is 0.309 e. The highest BCUT2D eigenvalue weighted by Gasteiger charge is 2.44. The molecule has 0 unspecified atom stereocenters. The quantitative estimate of drug-likeness (QED) is 0.659. The molecular weight excluding hydrogens is 251 g/mol. The minimum Gasteiger partial charge on any atom is -0.309 e. The van der Waals surface area contributed by atoms with Crippen molar-refractivity contribution in [3.05, 3.63) is 0 Å². The van der Waals surface area contributed by atoms with Crippen LogP contribution >= 0.6 is 23.0 Å². The van der Waals surface area contributed by atoms with Gasteiger partial charge in [-0.05, 0) is 18.3 Å². The highest BCUT2D eigenvalue weighted by Crippen LogP contribution is 2.47. The molecule has 1 saturated carbocycles. The van der Waals surface area contributed by atoms with Crippen molar-refractivity contribution < 1.29 is 3.07 Å². The van der Waals surface area contributed by atoms with E-state index in [4.69, 9.17) is 3.07 Å². The normalized spacial score (nSPS) is 24.0. The van der Waals surface area contributed by atoms with Crippen LogP contribution in [0.3, 0.4) is 0 Å². The van der Waals surface area contributed by atoms with Gasteiger partial charge in [0.15, 0.2) is 0 Å². The van der Waals surface area contributed by atoms with Gasteiger partial charge in [0, 0.05) is 0 Å². The zero-order valence-electron chi connectivity index (χ0n) is 7.61. The molecule has 1 aliphatic carbocycles. The third-order valence-corrected chi connectivity index (χ3v) is 3.77. The maximum Gasteiger partial charge on any atom is 0.110 e. The molecule has 0 aromatic carbocycles. The monoisotopic (exact) mass is 268 g/mol.